The van der Waals surface area contributed by atoms with Crippen LogP contribution in [-0.2, 0) is 9.57 Å². The van der Waals surface area contributed by atoms with Crippen molar-refractivity contribution in [3.05, 3.63) is 0 Å². The van der Waals surface area contributed by atoms with Crippen molar-refractivity contribution in [1.29, 1.82) is 0 Å². The van der Waals surface area contributed by atoms with Crippen LogP contribution >= 0.6 is 0 Å². The molecule has 0 aromatic carbocycles. The molecule has 1 saturated heterocycles. The summed E-state index contributed by atoms with van der Waals surface area (Å²) >= 11 is 0. The first-order valence-electron chi connectivity index (χ1n) is 7.54. The number of carbonyl (C=O) groups excluding carboxylic acids is 1. The summed E-state index contributed by atoms with van der Waals surface area (Å²) in [5.41, 5.74) is 2.75. The number of carbonyl (C=O) groups is 1. The van der Waals surface area contributed by atoms with E-state index < -0.39 is 11.7 Å². The fraction of sp³-hybridized carbons (Fsp3) is 0.867. The molecule has 21 heavy (non-hydrogen) atoms. The van der Waals surface area contributed by atoms with Gasteiger partial charge in [0, 0.05) is 25.2 Å². The molecule has 122 valence electrons. The van der Waals surface area contributed by atoms with Crippen LogP contribution in [-0.4, -0.2) is 41.2 Å². The Labute approximate surface area is 127 Å². The molecule has 0 aromatic rings. The lowest BCUT2D eigenvalue weighted by atomic mass is 10.2. The second kappa shape index (κ2) is 7.22. The first-order chi connectivity index (χ1) is 9.55. The highest BCUT2D eigenvalue weighted by Crippen LogP contribution is 2.15. The van der Waals surface area contributed by atoms with Gasteiger partial charge in [0.1, 0.15) is 5.60 Å². The Kier molecular flexibility index (Phi) is 6.16. The Bertz CT molecular complexity index is 381. The normalized spacial score (nSPS) is 20.2. The number of hydroxylamine groups is 2. The summed E-state index contributed by atoms with van der Waals surface area (Å²) in [6, 6.07) is 0. The zero-order chi connectivity index (χ0) is 16.1. The average molecular weight is 299 g/mol. The zero-order valence-electron chi connectivity index (χ0n) is 14.2. The summed E-state index contributed by atoms with van der Waals surface area (Å²) in [6.07, 6.45) is 2.10. The SMILES string of the molecule is CC(C)(C)OC(=O)N/N=C1/CCCN(OC(C)(C)C)CC1. The molecule has 0 saturated carbocycles. The highest BCUT2D eigenvalue weighted by Gasteiger charge is 2.20. The zero-order valence-corrected chi connectivity index (χ0v) is 14.2. The second-order valence-corrected chi connectivity index (χ2v) is 7.28. The van der Waals surface area contributed by atoms with Gasteiger partial charge in [0.15, 0.2) is 0 Å². The molecule has 1 fully saturated rings. The van der Waals surface area contributed by atoms with Crippen LogP contribution in [0.5, 0.6) is 0 Å². The van der Waals surface area contributed by atoms with Crippen molar-refractivity contribution >= 4 is 11.8 Å². The molecule has 0 bridgehead atoms. The van der Waals surface area contributed by atoms with Gasteiger partial charge in [-0.15, -0.1) is 0 Å². The Balaban J connectivity index is 2.44. The first kappa shape index (κ1) is 17.9. The van der Waals surface area contributed by atoms with Crippen LogP contribution < -0.4 is 5.43 Å². The Morgan fingerprint density at radius 2 is 1.76 bits per heavy atom. The molecular weight excluding hydrogens is 270 g/mol. The maximum Gasteiger partial charge on any atom is 0.428 e. The monoisotopic (exact) mass is 299 g/mol. The van der Waals surface area contributed by atoms with Crippen LogP contribution in [0, 0.1) is 0 Å². The van der Waals surface area contributed by atoms with E-state index in [0.717, 1.165) is 38.1 Å². The summed E-state index contributed by atoms with van der Waals surface area (Å²) in [6.45, 7) is 13.3. The predicted octanol–water partition coefficient (Wildman–Crippen LogP) is 3.08. The minimum absolute atomic E-state index is 0.184. The minimum Gasteiger partial charge on any atom is -0.443 e. The molecule has 0 unspecified atom stereocenters. The van der Waals surface area contributed by atoms with Crippen molar-refractivity contribution in [3.63, 3.8) is 0 Å². The largest absolute Gasteiger partial charge is 0.443 e. The quantitative estimate of drug-likeness (QED) is 0.796. The smallest absolute Gasteiger partial charge is 0.428 e. The van der Waals surface area contributed by atoms with Crippen molar-refractivity contribution in [2.75, 3.05) is 13.1 Å². The first-order valence-corrected chi connectivity index (χ1v) is 7.54. The lowest BCUT2D eigenvalue weighted by molar-refractivity contribution is -0.226. The molecule has 0 aromatic heterocycles. The van der Waals surface area contributed by atoms with Gasteiger partial charge < -0.3 is 4.74 Å². The fourth-order valence-electron chi connectivity index (χ4n) is 1.97. The van der Waals surface area contributed by atoms with Gasteiger partial charge >= 0.3 is 6.09 Å². The molecule has 1 heterocycles. The topological polar surface area (TPSA) is 63.2 Å². The van der Waals surface area contributed by atoms with E-state index in [1.54, 1.807) is 0 Å². The number of hydrogen-bond acceptors (Lipinski definition) is 5. The van der Waals surface area contributed by atoms with Crippen molar-refractivity contribution in [2.24, 2.45) is 5.10 Å². The van der Waals surface area contributed by atoms with Crippen LogP contribution in [0.2, 0.25) is 0 Å². The van der Waals surface area contributed by atoms with E-state index in [1.165, 1.54) is 0 Å². The van der Waals surface area contributed by atoms with Crippen molar-refractivity contribution in [3.8, 4) is 0 Å². The van der Waals surface area contributed by atoms with E-state index in [0.29, 0.717) is 0 Å². The lowest BCUT2D eigenvalue weighted by Crippen LogP contribution is -2.34. The molecule has 6 heteroatoms. The van der Waals surface area contributed by atoms with Gasteiger partial charge in [0.2, 0.25) is 0 Å². The van der Waals surface area contributed by atoms with Crippen LogP contribution in [0.3, 0.4) is 0 Å². The van der Waals surface area contributed by atoms with Crippen molar-refractivity contribution in [2.45, 2.75) is 72.0 Å². The van der Waals surface area contributed by atoms with E-state index in [9.17, 15) is 4.79 Å². The maximum atomic E-state index is 11.6. The van der Waals surface area contributed by atoms with Gasteiger partial charge in [-0.25, -0.2) is 10.2 Å². The van der Waals surface area contributed by atoms with Gasteiger partial charge in [-0.2, -0.15) is 10.2 Å². The third-order valence-electron chi connectivity index (χ3n) is 2.63. The molecule has 0 aliphatic carbocycles. The van der Waals surface area contributed by atoms with Crippen LogP contribution in [0.4, 0.5) is 4.79 Å². The molecule has 0 radical (unpaired) electrons. The Morgan fingerprint density at radius 1 is 1.10 bits per heavy atom. The molecule has 1 amide bonds. The molecule has 1 aliphatic rings. The molecule has 1 rings (SSSR count). The number of rotatable bonds is 2. The van der Waals surface area contributed by atoms with Gasteiger partial charge in [0.25, 0.3) is 0 Å². The molecule has 1 N–H and O–H groups in total. The van der Waals surface area contributed by atoms with Crippen LogP contribution in [0.15, 0.2) is 5.10 Å². The minimum atomic E-state index is -0.512. The van der Waals surface area contributed by atoms with Gasteiger partial charge in [-0.3, -0.25) is 4.84 Å². The summed E-state index contributed by atoms with van der Waals surface area (Å²) in [7, 11) is 0. The van der Waals surface area contributed by atoms with Gasteiger partial charge in [-0.05, 0) is 54.4 Å². The summed E-state index contributed by atoms with van der Waals surface area (Å²) in [5, 5.41) is 6.15. The number of ether oxygens (including phenoxy) is 1. The second-order valence-electron chi connectivity index (χ2n) is 7.28. The van der Waals surface area contributed by atoms with E-state index in [2.05, 4.69) is 10.5 Å². The lowest BCUT2D eigenvalue weighted by Gasteiger charge is -2.28. The van der Waals surface area contributed by atoms with Gasteiger partial charge in [-0.1, -0.05) is 0 Å². The average Bonchev–Trinajstić information content (AvgIpc) is 2.47. The Morgan fingerprint density at radius 3 is 2.33 bits per heavy atom. The Hall–Kier alpha value is -1.14. The number of nitrogens with one attached hydrogen (secondary N) is 1. The summed E-state index contributed by atoms with van der Waals surface area (Å²) < 4.78 is 5.15. The summed E-state index contributed by atoms with van der Waals surface area (Å²) in [5.74, 6) is 0. The predicted molar refractivity (Wildman–Crippen MR) is 83.1 cm³/mol. The molecule has 0 atom stereocenters. The van der Waals surface area contributed by atoms with Crippen LogP contribution in [0.25, 0.3) is 0 Å². The number of amides is 1. The summed E-state index contributed by atoms with van der Waals surface area (Å²) in [4.78, 5) is 17.4. The van der Waals surface area contributed by atoms with Gasteiger partial charge in [0.05, 0.1) is 5.60 Å². The number of hydrazone groups is 1. The van der Waals surface area contributed by atoms with Crippen LogP contribution in [0.1, 0.15) is 60.8 Å². The molecule has 1 aliphatic heterocycles. The molecule has 0 spiro atoms. The van der Waals surface area contributed by atoms with E-state index in [1.807, 2.05) is 46.6 Å². The third kappa shape index (κ3) is 8.67. The maximum absolute atomic E-state index is 11.6. The van der Waals surface area contributed by atoms with Crippen molar-refractivity contribution in [1.82, 2.24) is 10.5 Å². The van der Waals surface area contributed by atoms with Crippen molar-refractivity contribution < 1.29 is 14.4 Å². The highest BCUT2D eigenvalue weighted by molar-refractivity contribution is 5.85. The van der Waals surface area contributed by atoms with E-state index in [4.69, 9.17) is 9.57 Å². The number of hydrogen-bond donors (Lipinski definition) is 1. The molecule has 6 nitrogen and oxygen atoms in total. The standard InChI is InChI=1S/C15H29N3O3/c1-14(2,3)20-13(19)17-16-12-8-7-10-18(11-9-12)21-15(4,5)6/h7-11H2,1-6H3,(H,17,19)/b16-12-. The van der Waals surface area contributed by atoms with E-state index in [-0.39, 0.29) is 5.60 Å². The fourth-order valence-corrected chi connectivity index (χ4v) is 1.97. The van der Waals surface area contributed by atoms with E-state index >= 15 is 0 Å². The highest BCUT2D eigenvalue weighted by atomic mass is 16.7. The molecular formula is C15H29N3O3. The number of nitrogens with zero attached hydrogens (tertiary/aromatic N) is 2. The third-order valence-corrected chi connectivity index (χ3v) is 2.63.